The molecule has 0 aliphatic rings. The molecule has 1 rings (SSSR count). The highest BCUT2D eigenvalue weighted by atomic mass is 35.5. The van der Waals surface area contributed by atoms with Gasteiger partial charge in [-0.3, -0.25) is 0 Å². The highest BCUT2D eigenvalue weighted by Crippen LogP contribution is 2.25. The molecule has 2 atom stereocenters. The Balaban J connectivity index is 3.04. The lowest BCUT2D eigenvalue weighted by Crippen LogP contribution is -2.32. The molecule has 0 spiro atoms. The van der Waals surface area contributed by atoms with Crippen LogP contribution in [0.5, 0.6) is 0 Å². The monoisotopic (exact) mass is 243 g/mol. The third kappa shape index (κ3) is 3.07. The number of rotatable bonds is 5. The van der Waals surface area contributed by atoms with E-state index in [0.717, 1.165) is 12.1 Å². The molecule has 90 valence electrons. The van der Waals surface area contributed by atoms with Gasteiger partial charge >= 0.3 is 0 Å². The molecule has 3 N–H and O–H groups in total. The molecule has 0 fully saturated rings. The number of anilines is 1. The molecule has 2 unspecified atom stereocenters. The molecule has 0 aromatic carbocycles. The third-order valence-electron chi connectivity index (χ3n) is 2.52. The number of hydrogen-bond acceptors (Lipinski definition) is 4. The number of nitrogens with zero attached hydrogens (tertiary/aromatic N) is 1. The van der Waals surface area contributed by atoms with E-state index >= 15 is 0 Å². The van der Waals surface area contributed by atoms with Gasteiger partial charge in [0, 0.05) is 18.9 Å². The molecule has 0 radical (unpaired) electrons. The standard InChI is InChI=1S/C11H18ClN3O/c1-4-14-10(7(2)16-3)9-5-8(12)6-15-11(9)13/h5-7,10,14H,4H2,1-3H3,(H2,13,15). The topological polar surface area (TPSA) is 60.2 Å². The minimum Gasteiger partial charge on any atom is -0.383 e. The maximum atomic E-state index is 5.92. The van der Waals surface area contributed by atoms with Crippen LogP contribution in [0, 0.1) is 0 Å². The molecule has 0 aliphatic carbocycles. The number of nitrogen functional groups attached to an aromatic ring is 1. The van der Waals surface area contributed by atoms with E-state index in [1.165, 1.54) is 0 Å². The first-order chi connectivity index (χ1) is 7.60. The summed E-state index contributed by atoms with van der Waals surface area (Å²) in [4.78, 5) is 4.05. The number of ether oxygens (including phenoxy) is 1. The quantitative estimate of drug-likeness (QED) is 0.831. The second-order valence-electron chi connectivity index (χ2n) is 3.60. The van der Waals surface area contributed by atoms with Gasteiger partial charge in [0.1, 0.15) is 5.82 Å². The van der Waals surface area contributed by atoms with Crippen LogP contribution in [0.25, 0.3) is 0 Å². The normalized spacial score (nSPS) is 14.8. The summed E-state index contributed by atoms with van der Waals surface area (Å²) in [5.41, 5.74) is 6.73. The summed E-state index contributed by atoms with van der Waals surface area (Å²) in [7, 11) is 1.67. The second-order valence-corrected chi connectivity index (χ2v) is 4.04. The first-order valence-corrected chi connectivity index (χ1v) is 5.65. The van der Waals surface area contributed by atoms with Crippen molar-refractivity contribution in [3.8, 4) is 0 Å². The van der Waals surface area contributed by atoms with Crippen LogP contribution in [0.3, 0.4) is 0 Å². The van der Waals surface area contributed by atoms with Crippen molar-refractivity contribution >= 4 is 17.4 Å². The Hall–Kier alpha value is -0.840. The van der Waals surface area contributed by atoms with Gasteiger partial charge in [-0.1, -0.05) is 18.5 Å². The van der Waals surface area contributed by atoms with Crippen molar-refractivity contribution in [2.75, 3.05) is 19.4 Å². The van der Waals surface area contributed by atoms with Gasteiger partial charge in [-0.05, 0) is 19.5 Å². The van der Waals surface area contributed by atoms with Crippen LogP contribution >= 0.6 is 11.6 Å². The molecule has 5 heteroatoms. The van der Waals surface area contributed by atoms with Crippen LogP contribution < -0.4 is 11.1 Å². The number of halogens is 1. The first kappa shape index (κ1) is 13.2. The smallest absolute Gasteiger partial charge is 0.128 e. The summed E-state index contributed by atoms with van der Waals surface area (Å²) in [5, 5.41) is 3.89. The zero-order valence-electron chi connectivity index (χ0n) is 9.83. The number of aromatic nitrogens is 1. The largest absolute Gasteiger partial charge is 0.383 e. The maximum absolute atomic E-state index is 5.92. The fraction of sp³-hybridized carbons (Fsp3) is 0.545. The van der Waals surface area contributed by atoms with E-state index in [-0.39, 0.29) is 12.1 Å². The van der Waals surface area contributed by atoms with Crippen LogP contribution in [0.1, 0.15) is 25.5 Å². The van der Waals surface area contributed by atoms with Gasteiger partial charge in [0.25, 0.3) is 0 Å². The predicted octanol–water partition coefficient (Wildman–Crippen LogP) is 2.00. The van der Waals surface area contributed by atoms with Gasteiger partial charge < -0.3 is 15.8 Å². The summed E-state index contributed by atoms with van der Waals surface area (Å²) in [6.45, 7) is 4.83. The number of methoxy groups -OCH3 is 1. The molecule has 0 bridgehead atoms. The maximum Gasteiger partial charge on any atom is 0.128 e. The Morgan fingerprint density at radius 1 is 1.62 bits per heavy atom. The number of likely N-dealkylation sites (N-methyl/N-ethyl adjacent to an activating group) is 1. The Kier molecular flexibility index (Phi) is 4.99. The van der Waals surface area contributed by atoms with E-state index in [0.29, 0.717) is 10.8 Å². The summed E-state index contributed by atoms with van der Waals surface area (Å²) in [6, 6.07) is 1.83. The van der Waals surface area contributed by atoms with Crippen molar-refractivity contribution in [2.24, 2.45) is 0 Å². The molecule has 1 aromatic heterocycles. The average molecular weight is 244 g/mol. The van der Waals surface area contributed by atoms with Crippen molar-refractivity contribution in [2.45, 2.75) is 26.0 Å². The van der Waals surface area contributed by atoms with Gasteiger partial charge in [0.2, 0.25) is 0 Å². The van der Waals surface area contributed by atoms with E-state index in [4.69, 9.17) is 22.1 Å². The van der Waals surface area contributed by atoms with Crippen molar-refractivity contribution in [1.29, 1.82) is 0 Å². The van der Waals surface area contributed by atoms with Crippen LogP contribution in [0.2, 0.25) is 5.02 Å². The first-order valence-electron chi connectivity index (χ1n) is 5.27. The SMILES string of the molecule is CCNC(c1cc(Cl)cnc1N)C(C)OC. The van der Waals surface area contributed by atoms with Gasteiger partial charge in [0.15, 0.2) is 0 Å². The van der Waals surface area contributed by atoms with Gasteiger partial charge in [0.05, 0.1) is 17.2 Å². The molecule has 1 heterocycles. The number of nitrogens with two attached hydrogens (primary N) is 1. The molecule has 16 heavy (non-hydrogen) atoms. The fourth-order valence-electron chi connectivity index (χ4n) is 1.60. The lowest BCUT2D eigenvalue weighted by atomic mass is 10.0. The lowest BCUT2D eigenvalue weighted by molar-refractivity contribution is 0.0837. The molecule has 0 amide bonds. The van der Waals surface area contributed by atoms with E-state index < -0.39 is 0 Å². The Morgan fingerprint density at radius 2 is 2.31 bits per heavy atom. The van der Waals surface area contributed by atoms with Crippen molar-refractivity contribution < 1.29 is 4.74 Å². The second kappa shape index (κ2) is 6.03. The summed E-state index contributed by atoms with van der Waals surface area (Å²) in [5.74, 6) is 0.485. The molecule has 1 aromatic rings. The van der Waals surface area contributed by atoms with E-state index in [2.05, 4.69) is 10.3 Å². The number of nitrogens with one attached hydrogen (secondary N) is 1. The Bertz CT molecular complexity index is 346. The minimum atomic E-state index is 0.00111. The number of pyridine rings is 1. The fourth-order valence-corrected chi connectivity index (χ4v) is 1.77. The average Bonchev–Trinajstić information content (AvgIpc) is 2.28. The van der Waals surface area contributed by atoms with E-state index in [1.54, 1.807) is 13.3 Å². The molecular formula is C11H18ClN3O. The summed E-state index contributed by atoms with van der Waals surface area (Å²) >= 11 is 5.92. The number of hydrogen-bond donors (Lipinski definition) is 2. The van der Waals surface area contributed by atoms with Gasteiger partial charge in [-0.15, -0.1) is 0 Å². The van der Waals surface area contributed by atoms with Crippen molar-refractivity contribution in [3.63, 3.8) is 0 Å². The van der Waals surface area contributed by atoms with E-state index in [9.17, 15) is 0 Å². The van der Waals surface area contributed by atoms with Gasteiger partial charge in [-0.2, -0.15) is 0 Å². The molecule has 0 aliphatic heterocycles. The Labute approximate surface area is 101 Å². The molecule has 0 saturated heterocycles. The third-order valence-corrected chi connectivity index (χ3v) is 2.72. The zero-order chi connectivity index (χ0) is 12.1. The highest BCUT2D eigenvalue weighted by molar-refractivity contribution is 6.30. The summed E-state index contributed by atoms with van der Waals surface area (Å²) in [6.07, 6.45) is 1.54. The van der Waals surface area contributed by atoms with E-state index in [1.807, 2.05) is 19.9 Å². The summed E-state index contributed by atoms with van der Waals surface area (Å²) < 4.78 is 5.33. The molecule has 0 saturated carbocycles. The Morgan fingerprint density at radius 3 is 2.88 bits per heavy atom. The van der Waals surface area contributed by atoms with Crippen LogP contribution in [0.4, 0.5) is 5.82 Å². The zero-order valence-corrected chi connectivity index (χ0v) is 10.6. The van der Waals surface area contributed by atoms with Gasteiger partial charge in [-0.25, -0.2) is 4.98 Å². The van der Waals surface area contributed by atoms with Crippen LogP contribution in [0.15, 0.2) is 12.3 Å². The minimum absolute atomic E-state index is 0.00111. The molecule has 4 nitrogen and oxygen atoms in total. The molecular weight excluding hydrogens is 226 g/mol. The highest BCUT2D eigenvalue weighted by Gasteiger charge is 2.21. The van der Waals surface area contributed by atoms with Crippen LogP contribution in [-0.4, -0.2) is 24.7 Å². The predicted molar refractivity (Wildman–Crippen MR) is 66.5 cm³/mol. The van der Waals surface area contributed by atoms with Crippen molar-refractivity contribution in [1.82, 2.24) is 10.3 Å². The van der Waals surface area contributed by atoms with Crippen molar-refractivity contribution in [3.05, 3.63) is 22.8 Å². The van der Waals surface area contributed by atoms with Crippen LogP contribution in [-0.2, 0) is 4.74 Å². The lowest BCUT2D eigenvalue weighted by Gasteiger charge is -2.24.